The van der Waals surface area contributed by atoms with Crippen LogP contribution in [0.4, 0.5) is 5.69 Å². The number of ether oxygens (including phenoxy) is 2. The van der Waals surface area contributed by atoms with Gasteiger partial charge < -0.3 is 14.8 Å². The van der Waals surface area contributed by atoms with E-state index in [0.717, 1.165) is 29.9 Å². The van der Waals surface area contributed by atoms with E-state index in [-0.39, 0.29) is 5.91 Å². The van der Waals surface area contributed by atoms with Gasteiger partial charge in [-0.1, -0.05) is 29.8 Å². The Morgan fingerprint density at radius 2 is 1.52 bits per heavy atom. The van der Waals surface area contributed by atoms with Crippen LogP contribution in [-0.4, -0.2) is 19.1 Å². The molecule has 0 saturated carbocycles. The van der Waals surface area contributed by atoms with Crippen molar-refractivity contribution in [2.45, 2.75) is 19.8 Å². The normalized spacial score (nSPS) is 10.4. The van der Waals surface area contributed by atoms with Gasteiger partial charge in [-0.05, 0) is 79.9 Å². The first-order valence-corrected chi connectivity index (χ1v) is 9.98. The lowest BCUT2D eigenvalue weighted by Gasteiger charge is -2.10. The average molecular weight is 410 g/mol. The second kappa shape index (κ2) is 10.5. The van der Waals surface area contributed by atoms with Crippen LogP contribution in [0.2, 0.25) is 5.02 Å². The van der Waals surface area contributed by atoms with Crippen LogP contribution in [0.1, 0.15) is 28.8 Å². The zero-order valence-corrected chi connectivity index (χ0v) is 17.1. The van der Waals surface area contributed by atoms with Crippen LogP contribution in [0, 0.1) is 6.92 Å². The predicted molar refractivity (Wildman–Crippen MR) is 117 cm³/mol. The quantitative estimate of drug-likeness (QED) is 0.432. The number of anilines is 1. The summed E-state index contributed by atoms with van der Waals surface area (Å²) < 4.78 is 11.5. The van der Waals surface area contributed by atoms with E-state index in [2.05, 4.69) is 5.32 Å². The molecule has 0 radical (unpaired) electrons. The van der Waals surface area contributed by atoms with Gasteiger partial charge in [0, 0.05) is 16.3 Å². The lowest BCUT2D eigenvalue weighted by Crippen LogP contribution is -2.11. The van der Waals surface area contributed by atoms with Crippen molar-refractivity contribution in [3.63, 3.8) is 0 Å². The number of nitrogens with one attached hydrogen (secondary N) is 1. The van der Waals surface area contributed by atoms with Gasteiger partial charge in [0.2, 0.25) is 0 Å². The molecule has 3 aromatic rings. The van der Waals surface area contributed by atoms with Crippen molar-refractivity contribution < 1.29 is 14.3 Å². The van der Waals surface area contributed by atoms with Crippen LogP contribution in [0.3, 0.4) is 0 Å². The number of hydrogen-bond donors (Lipinski definition) is 1. The highest BCUT2D eigenvalue weighted by molar-refractivity contribution is 6.30. The molecule has 0 atom stereocenters. The minimum atomic E-state index is -0.174. The summed E-state index contributed by atoms with van der Waals surface area (Å²) in [5.74, 6) is 1.50. The summed E-state index contributed by atoms with van der Waals surface area (Å²) in [7, 11) is 0. The van der Waals surface area contributed by atoms with E-state index in [9.17, 15) is 4.79 Å². The van der Waals surface area contributed by atoms with Crippen molar-refractivity contribution >= 4 is 23.2 Å². The smallest absolute Gasteiger partial charge is 0.255 e. The monoisotopic (exact) mass is 409 g/mol. The number of carbonyl (C=O) groups excluding carboxylic acids is 1. The van der Waals surface area contributed by atoms with E-state index in [1.165, 1.54) is 0 Å². The third kappa shape index (κ3) is 6.54. The molecule has 0 heterocycles. The molecule has 0 spiro atoms. The van der Waals surface area contributed by atoms with Crippen molar-refractivity contribution in [1.82, 2.24) is 0 Å². The summed E-state index contributed by atoms with van der Waals surface area (Å²) in [5.41, 5.74) is 2.41. The van der Waals surface area contributed by atoms with Gasteiger partial charge in [-0.15, -0.1) is 0 Å². The fourth-order valence-corrected chi connectivity index (χ4v) is 2.86. The van der Waals surface area contributed by atoms with Gasteiger partial charge in [0.15, 0.2) is 0 Å². The molecule has 4 nitrogen and oxygen atoms in total. The maximum absolute atomic E-state index is 12.3. The van der Waals surface area contributed by atoms with E-state index in [4.69, 9.17) is 21.1 Å². The first-order chi connectivity index (χ1) is 14.1. The van der Waals surface area contributed by atoms with Gasteiger partial charge in [0.05, 0.1) is 13.2 Å². The summed E-state index contributed by atoms with van der Waals surface area (Å²) in [5, 5.41) is 3.47. The zero-order chi connectivity index (χ0) is 20.5. The van der Waals surface area contributed by atoms with Crippen LogP contribution >= 0.6 is 11.6 Å². The van der Waals surface area contributed by atoms with Crippen molar-refractivity contribution in [3.05, 3.63) is 88.9 Å². The second-order valence-electron chi connectivity index (χ2n) is 6.65. The van der Waals surface area contributed by atoms with Gasteiger partial charge in [-0.25, -0.2) is 0 Å². The number of aryl methyl sites for hydroxylation is 1. The molecule has 0 aliphatic rings. The predicted octanol–water partition coefficient (Wildman–Crippen LogP) is 6.14. The summed E-state index contributed by atoms with van der Waals surface area (Å²) in [6.07, 6.45) is 1.81. The Balaban J connectivity index is 1.37. The number of hydrogen-bond acceptors (Lipinski definition) is 3. The molecule has 5 heteroatoms. The number of amides is 1. The Hall–Kier alpha value is -2.98. The maximum atomic E-state index is 12.3. The molecule has 3 aromatic carbocycles. The number of unbranched alkanes of at least 4 members (excludes halogenated alkanes) is 1. The highest BCUT2D eigenvalue weighted by Crippen LogP contribution is 2.18. The van der Waals surface area contributed by atoms with Crippen molar-refractivity contribution in [1.29, 1.82) is 0 Å². The first-order valence-electron chi connectivity index (χ1n) is 9.60. The zero-order valence-electron chi connectivity index (χ0n) is 16.4. The molecule has 1 amide bonds. The van der Waals surface area contributed by atoms with Crippen molar-refractivity contribution in [2.75, 3.05) is 18.5 Å². The second-order valence-corrected chi connectivity index (χ2v) is 7.09. The van der Waals surface area contributed by atoms with E-state index in [1.807, 2.05) is 31.2 Å². The number of carbonyl (C=O) groups is 1. The summed E-state index contributed by atoms with van der Waals surface area (Å²) in [6.45, 7) is 3.31. The minimum Gasteiger partial charge on any atom is -0.494 e. The fraction of sp³-hybridized carbons (Fsp3) is 0.208. The molecule has 29 heavy (non-hydrogen) atoms. The van der Waals surface area contributed by atoms with E-state index < -0.39 is 0 Å². The molecule has 0 aromatic heterocycles. The Morgan fingerprint density at radius 1 is 0.862 bits per heavy atom. The first kappa shape index (κ1) is 20.7. The summed E-state index contributed by atoms with van der Waals surface area (Å²) >= 11 is 5.85. The molecular formula is C24H24ClNO3. The lowest BCUT2D eigenvalue weighted by molar-refractivity contribution is 0.102. The topological polar surface area (TPSA) is 47.6 Å². The molecule has 3 rings (SSSR count). The van der Waals surface area contributed by atoms with E-state index in [0.29, 0.717) is 29.5 Å². The van der Waals surface area contributed by atoms with Crippen molar-refractivity contribution in [3.8, 4) is 11.5 Å². The molecule has 150 valence electrons. The molecule has 0 unspecified atom stereocenters. The molecule has 1 N–H and O–H groups in total. The van der Waals surface area contributed by atoms with Gasteiger partial charge in [-0.2, -0.15) is 0 Å². The van der Waals surface area contributed by atoms with E-state index >= 15 is 0 Å². The van der Waals surface area contributed by atoms with Gasteiger partial charge in [0.25, 0.3) is 5.91 Å². The molecule has 0 saturated heterocycles. The van der Waals surface area contributed by atoms with Crippen LogP contribution in [-0.2, 0) is 0 Å². The summed E-state index contributed by atoms with van der Waals surface area (Å²) in [6, 6.07) is 22.1. The molecule has 0 aliphatic heterocycles. The molecular weight excluding hydrogens is 386 g/mol. The summed E-state index contributed by atoms with van der Waals surface area (Å²) in [4.78, 5) is 12.3. The van der Waals surface area contributed by atoms with Crippen LogP contribution in [0.25, 0.3) is 0 Å². The number of para-hydroxylation sites is 1. The fourth-order valence-electron chi connectivity index (χ4n) is 2.73. The third-order valence-electron chi connectivity index (χ3n) is 4.38. The number of rotatable bonds is 9. The van der Waals surface area contributed by atoms with E-state index in [1.54, 1.807) is 48.5 Å². The lowest BCUT2D eigenvalue weighted by atomic mass is 10.2. The number of benzene rings is 3. The Labute approximate surface area is 176 Å². The maximum Gasteiger partial charge on any atom is 0.255 e. The third-order valence-corrected chi connectivity index (χ3v) is 4.63. The number of halogens is 1. The van der Waals surface area contributed by atoms with Crippen molar-refractivity contribution in [2.24, 2.45) is 0 Å². The Morgan fingerprint density at radius 3 is 2.21 bits per heavy atom. The molecule has 0 aliphatic carbocycles. The Bertz CT molecular complexity index is 924. The van der Waals surface area contributed by atoms with Crippen LogP contribution < -0.4 is 14.8 Å². The largest absolute Gasteiger partial charge is 0.494 e. The standard InChI is InChI=1S/C24H24ClNO3/c1-18-6-2-3-7-23(18)29-17-5-4-16-28-22-14-8-19(9-15-22)24(27)26-21-12-10-20(25)11-13-21/h2-3,6-15H,4-5,16-17H2,1H3,(H,26,27). The highest BCUT2D eigenvalue weighted by atomic mass is 35.5. The van der Waals surface area contributed by atoms with Crippen LogP contribution in [0.5, 0.6) is 11.5 Å². The Kier molecular flexibility index (Phi) is 7.54. The van der Waals surface area contributed by atoms with Gasteiger partial charge >= 0.3 is 0 Å². The minimum absolute atomic E-state index is 0.174. The molecule has 0 fully saturated rings. The van der Waals surface area contributed by atoms with Crippen LogP contribution in [0.15, 0.2) is 72.8 Å². The average Bonchev–Trinajstić information content (AvgIpc) is 2.74. The highest BCUT2D eigenvalue weighted by Gasteiger charge is 2.06. The SMILES string of the molecule is Cc1ccccc1OCCCCOc1ccc(C(=O)Nc2ccc(Cl)cc2)cc1. The van der Waals surface area contributed by atoms with Gasteiger partial charge in [0.1, 0.15) is 11.5 Å². The van der Waals surface area contributed by atoms with Gasteiger partial charge in [-0.3, -0.25) is 4.79 Å². The molecule has 0 bridgehead atoms.